The normalized spacial score (nSPS) is 17.4. The molecule has 96 valence electrons. The zero-order chi connectivity index (χ0) is 12.7. The molecule has 1 aliphatic carbocycles. The molecule has 0 atom stereocenters. The molecule has 0 saturated heterocycles. The van der Waals surface area contributed by atoms with Crippen LogP contribution < -0.4 is 5.56 Å². The lowest BCUT2D eigenvalue weighted by atomic mass is 9.85. The van der Waals surface area contributed by atoms with Gasteiger partial charge in [-0.15, -0.1) is 5.10 Å². The standard InChI is InChI=1S/C13H18N4O/c1-8-11(10-6-4-3-5-7-10)15-13-14-9(2)16-17(13)12(8)18/h10H,3-7H2,1-2H3,(H,14,15,16). The van der Waals surface area contributed by atoms with Crippen LogP contribution >= 0.6 is 0 Å². The molecule has 2 aromatic rings. The second kappa shape index (κ2) is 4.23. The van der Waals surface area contributed by atoms with Crippen LogP contribution in [0.4, 0.5) is 0 Å². The van der Waals surface area contributed by atoms with E-state index in [1.54, 1.807) is 6.92 Å². The van der Waals surface area contributed by atoms with Gasteiger partial charge < -0.3 is 4.98 Å². The van der Waals surface area contributed by atoms with Crippen LogP contribution in [0.1, 0.15) is 55.1 Å². The molecular formula is C13H18N4O. The minimum Gasteiger partial charge on any atom is -0.327 e. The summed E-state index contributed by atoms with van der Waals surface area (Å²) >= 11 is 0. The molecule has 5 heteroatoms. The van der Waals surface area contributed by atoms with Crippen molar-refractivity contribution in [3.8, 4) is 0 Å². The van der Waals surface area contributed by atoms with Crippen LogP contribution in [0.3, 0.4) is 0 Å². The minimum atomic E-state index is -0.0371. The Morgan fingerprint density at radius 2 is 1.94 bits per heavy atom. The Hall–Kier alpha value is -1.65. The maximum absolute atomic E-state index is 12.2. The van der Waals surface area contributed by atoms with E-state index >= 15 is 0 Å². The zero-order valence-electron chi connectivity index (χ0n) is 10.9. The fraction of sp³-hybridized carbons (Fsp3) is 0.615. The molecule has 2 aromatic heterocycles. The van der Waals surface area contributed by atoms with Crippen LogP contribution in [-0.2, 0) is 0 Å². The first-order valence-corrected chi connectivity index (χ1v) is 6.63. The number of aromatic amines is 1. The fourth-order valence-corrected chi connectivity index (χ4v) is 2.93. The first-order valence-electron chi connectivity index (χ1n) is 6.63. The Kier molecular flexibility index (Phi) is 2.69. The summed E-state index contributed by atoms with van der Waals surface area (Å²) in [5.74, 6) is 1.68. The average molecular weight is 246 g/mol. The maximum atomic E-state index is 12.2. The van der Waals surface area contributed by atoms with Gasteiger partial charge in [0.2, 0.25) is 5.78 Å². The highest BCUT2D eigenvalue weighted by molar-refractivity contribution is 5.33. The second-order valence-corrected chi connectivity index (χ2v) is 5.20. The number of fused-ring (bicyclic) bond motifs is 1. The molecule has 1 aliphatic rings. The van der Waals surface area contributed by atoms with E-state index < -0.39 is 0 Å². The Morgan fingerprint density at radius 1 is 1.22 bits per heavy atom. The van der Waals surface area contributed by atoms with E-state index in [0.717, 1.165) is 11.3 Å². The van der Waals surface area contributed by atoms with Gasteiger partial charge in [-0.05, 0) is 32.6 Å². The fourth-order valence-electron chi connectivity index (χ4n) is 2.93. The lowest BCUT2D eigenvalue weighted by Crippen LogP contribution is -2.22. The molecule has 0 amide bonds. The summed E-state index contributed by atoms with van der Waals surface area (Å²) in [6, 6.07) is 0. The highest BCUT2D eigenvalue weighted by Crippen LogP contribution is 2.32. The van der Waals surface area contributed by atoms with Gasteiger partial charge in [0.1, 0.15) is 5.82 Å². The first kappa shape index (κ1) is 11.4. The van der Waals surface area contributed by atoms with Gasteiger partial charge in [-0.3, -0.25) is 4.79 Å². The predicted octanol–water partition coefficient (Wildman–Crippen LogP) is 2.08. The summed E-state index contributed by atoms with van der Waals surface area (Å²) in [6.45, 7) is 3.69. The summed E-state index contributed by atoms with van der Waals surface area (Å²) in [5.41, 5.74) is 1.82. The molecule has 0 bridgehead atoms. The van der Waals surface area contributed by atoms with Crippen LogP contribution in [0.15, 0.2) is 4.79 Å². The molecular weight excluding hydrogens is 228 g/mol. The Labute approximate surface area is 105 Å². The van der Waals surface area contributed by atoms with Crippen molar-refractivity contribution in [2.24, 2.45) is 0 Å². The van der Waals surface area contributed by atoms with Crippen molar-refractivity contribution in [2.45, 2.75) is 51.9 Å². The lowest BCUT2D eigenvalue weighted by molar-refractivity contribution is 0.434. The van der Waals surface area contributed by atoms with Crippen LogP contribution in [0, 0.1) is 13.8 Å². The number of aromatic nitrogens is 4. The van der Waals surface area contributed by atoms with Crippen LogP contribution in [0.5, 0.6) is 0 Å². The number of nitrogens with zero attached hydrogens (tertiary/aromatic N) is 3. The van der Waals surface area contributed by atoms with Gasteiger partial charge in [-0.1, -0.05) is 19.3 Å². The van der Waals surface area contributed by atoms with E-state index in [1.165, 1.54) is 36.6 Å². The van der Waals surface area contributed by atoms with E-state index in [4.69, 9.17) is 0 Å². The highest BCUT2D eigenvalue weighted by Gasteiger charge is 2.21. The first-order chi connectivity index (χ1) is 8.66. The van der Waals surface area contributed by atoms with E-state index in [2.05, 4.69) is 15.1 Å². The highest BCUT2D eigenvalue weighted by atomic mass is 16.1. The maximum Gasteiger partial charge on any atom is 0.278 e. The monoisotopic (exact) mass is 246 g/mol. The molecule has 1 saturated carbocycles. The van der Waals surface area contributed by atoms with Gasteiger partial charge in [0, 0.05) is 11.3 Å². The lowest BCUT2D eigenvalue weighted by Gasteiger charge is -2.22. The number of aryl methyl sites for hydroxylation is 1. The van der Waals surface area contributed by atoms with Gasteiger partial charge in [-0.2, -0.15) is 9.50 Å². The van der Waals surface area contributed by atoms with Crippen molar-refractivity contribution >= 4 is 5.78 Å². The summed E-state index contributed by atoms with van der Waals surface area (Å²) in [4.78, 5) is 19.8. The molecule has 0 spiro atoms. The van der Waals surface area contributed by atoms with Gasteiger partial charge >= 0.3 is 0 Å². The molecule has 0 unspecified atom stereocenters. The number of hydrogen-bond donors (Lipinski definition) is 1. The Balaban J connectivity index is 2.16. The Morgan fingerprint density at radius 3 is 2.67 bits per heavy atom. The number of hydrogen-bond acceptors (Lipinski definition) is 3. The second-order valence-electron chi connectivity index (χ2n) is 5.20. The van der Waals surface area contributed by atoms with Crippen molar-refractivity contribution in [2.75, 3.05) is 0 Å². The third-order valence-corrected chi connectivity index (χ3v) is 3.89. The van der Waals surface area contributed by atoms with Gasteiger partial charge in [-0.25, -0.2) is 0 Å². The predicted molar refractivity (Wildman–Crippen MR) is 68.9 cm³/mol. The zero-order valence-corrected chi connectivity index (χ0v) is 10.9. The van der Waals surface area contributed by atoms with E-state index in [1.807, 2.05) is 6.92 Å². The quantitative estimate of drug-likeness (QED) is 0.838. The topological polar surface area (TPSA) is 63.0 Å². The Bertz CT molecular complexity index is 634. The molecule has 0 aliphatic heterocycles. The summed E-state index contributed by atoms with van der Waals surface area (Å²) in [5, 5.41) is 4.12. The third kappa shape index (κ3) is 1.74. The number of nitrogens with one attached hydrogen (secondary N) is 1. The molecule has 5 nitrogen and oxygen atoms in total. The van der Waals surface area contributed by atoms with E-state index in [0.29, 0.717) is 17.5 Å². The molecule has 2 heterocycles. The van der Waals surface area contributed by atoms with E-state index in [9.17, 15) is 4.79 Å². The van der Waals surface area contributed by atoms with Crippen LogP contribution in [0.2, 0.25) is 0 Å². The molecule has 1 fully saturated rings. The molecule has 0 aromatic carbocycles. The SMILES string of the molecule is Cc1nc2[nH]c(C3CCCCC3)c(C)c(=O)n2n1. The van der Waals surface area contributed by atoms with Crippen molar-refractivity contribution in [1.82, 2.24) is 19.6 Å². The van der Waals surface area contributed by atoms with Crippen molar-refractivity contribution in [1.29, 1.82) is 0 Å². The molecule has 0 radical (unpaired) electrons. The average Bonchev–Trinajstić information content (AvgIpc) is 2.76. The summed E-state index contributed by atoms with van der Waals surface area (Å²) in [6.07, 6.45) is 6.15. The smallest absolute Gasteiger partial charge is 0.278 e. The molecule has 18 heavy (non-hydrogen) atoms. The van der Waals surface area contributed by atoms with Gasteiger partial charge in [0.25, 0.3) is 5.56 Å². The molecule has 1 N–H and O–H groups in total. The largest absolute Gasteiger partial charge is 0.327 e. The van der Waals surface area contributed by atoms with Gasteiger partial charge in [0.15, 0.2) is 0 Å². The summed E-state index contributed by atoms with van der Waals surface area (Å²) < 4.78 is 1.37. The van der Waals surface area contributed by atoms with Crippen molar-refractivity contribution in [3.05, 3.63) is 27.4 Å². The summed E-state index contributed by atoms with van der Waals surface area (Å²) in [7, 11) is 0. The number of H-pyrrole nitrogens is 1. The minimum absolute atomic E-state index is 0.0371. The van der Waals surface area contributed by atoms with Crippen LogP contribution in [0.25, 0.3) is 5.78 Å². The van der Waals surface area contributed by atoms with Crippen molar-refractivity contribution < 1.29 is 0 Å². The third-order valence-electron chi connectivity index (χ3n) is 3.89. The van der Waals surface area contributed by atoms with Gasteiger partial charge in [0.05, 0.1) is 0 Å². The molecule has 3 rings (SSSR count). The van der Waals surface area contributed by atoms with Crippen molar-refractivity contribution in [3.63, 3.8) is 0 Å². The number of rotatable bonds is 1. The van der Waals surface area contributed by atoms with E-state index in [-0.39, 0.29) is 5.56 Å². The van der Waals surface area contributed by atoms with Crippen LogP contribution in [-0.4, -0.2) is 19.6 Å².